The van der Waals surface area contributed by atoms with Crippen LogP contribution in [0.15, 0.2) is 35.9 Å². The van der Waals surface area contributed by atoms with Crippen LogP contribution >= 0.6 is 0 Å². The van der Waals surface area contributed by atoms with E-state index in [1.165, 1.54) is 18.4 Å². The summed E-state index contributed by atoms with van der Waals surface area (Å²) in [6.07, 6.45) is 7.19. The summed E-state index contributed by atoms with van der Waals surface area (Å²) in [7, 11) is 0. The molecule has 0 radical (unpaired) electrons. The van der Waals surface area contributed by atoms with Crippen molar-refractivity contribution in [2.45, 2.75) is 38.6 Å². The Hall–Kier alpha value is -2.30. The van der Waals surface area contributed by atoms with Gasteiger partial charge in [-0.15, -0.1) is 0 Å². The maximum absolute atomic E-state index is 11.9. The summed E-state index contributed by atoms with van der Waals surface area (Å²) in [6.45, 7) is 0.295. The number of rotatable bonds is 7. The van der Waals surface area contributed by atoms with Gasteiger partial charge in [0.25, 0.3) is 5.91 Å². The van der Waals surface area contributed by atoms with E-state index < -0.39 is 5.91 Å². The second-order valence-electron chi connectivity index (χ2n) is 5.46. The molecule has 0 atom stereocenters. The van der Waals surface area contributed by atoms with Crippen molar-refractivity contribution in [2.24, 2.45) is 5.73 Å². The molecule has 0 aliphatic heterocycles. The Balaban J connectivity index is 1.80. The summed E-state index contributed by atoms with van der Waals surface area (Å²) in [4.78, 5) is 22.6. The third-order valence-electron chi connectivity index (χ3n) is 3.54. The van der Waals surface area contributed by atoms with Gasteiger partial charge in [-0.05, 0) is 43.4 Å². The van der Waals surface area contributed by atoms with Crippen molar-refractivity contribution in [3.05, 3.63) is 41.5 Å². The normalized spacial score (nSPS) is 14.1. The van der Waals surface area contributed by atoms with Gasteiger partial charge in [-0.25, -0.2) is 0 Å². The Bertz CT molecular complexity index is 567. The summed E-state index contributed by atoms with van der Waals surface area (Å²) < 4.78 is 5.24. The zero-order valence-electron chi connectivity index (χ0n) is 12.6. The lowest BCUT2D eigenvalue weighted by molar-refractivity contribution is -0.121. The van der Waals surface area contributed by atoms with Crippen molar-refractivity contribution < 1.29 is 14.3 Å². The van der Waals surface area contributed by atoms with Crippen LogP contribution < -0.4 is 15.8 Å². The molecular formula is C17H22N2O3. The van der Waals surface area contributed by atoms with Gasteiger partial charge >= 0.3 is 0 Å². The second-order valence-corrected chi connectivity index (χ2v) is 5.46. The van der Waals surface area contributed by atoms with Crippen LogP contribution in [0.4, 0.5) is 0 Å². The third kappa shape index (κ3) is 5.60. The van der Waals surface area contributed by atoms with Gasteiger partial charge < -0.3 is 15.8 Å². The highest BCUT2D eigenvalue weighted by atomic mass is 16.5. The van der Waals surface area contributed by atoms with E-state index in [0.717, 1.165) is 18.4 Å². The van der Waals surface area contributed by atoms with Gasteiger partial charge in [-0.3, -0.25) is 9.59 Å². The summed E-state index contributed by atoms with van der Waals surface area (Å²) in [5.74, 6) is 0.0941. The molecule has 0 spiro atoms. The molecule has 2 rings (SSSR count). The van der Waals surface area contributed by atoms with Crippen LogP contribution in [0.2, 0.25) is 0 Å². The molecule has 1 aromatic rings. The first kappa shape index (κ1) is 16.1. The Morgan fingerprint density at radius 1 is 1.27 bits per heavy atom. The zero-order valence-corrected chi connectivity index (χ0v) is 12.6. The van der Waals surface area contributed by atoms with Crippen LogP contribution in [0, 0.1) is 0 Å². The standard InChI is InChI=1S/C17H22N2O3/c18-16(20)12-22-15-8-4-7-14(9-15)11-19-17(21)10-13-5-2-1-3-6-13/h4-5,7-9H,1-3,6,10-12H2,(H2,18,20)(H,19,21). The van der Waals surface area contributed by atoms with E-state index in [9.17, 15) is 9.59 Å². The van der Waals surface area contributed by atoms with E-state index in [4.69, 9.17) is 10.5 Å². The maximum atomic E-state index is 11.9. The molecule has 1 aliphatic rings. The second kappa shape index (κ2) is 8.22. The van der Waals surface area contributed by atoms with E-state index >= 15 is 0 Å². The van der Waals surface area contributed by atoms with Crippen LogP contribution in [0.1, 0.15) is 37.7 Å². The largest absolute Gasteiger partial charge is 0.484 e. The van der Waals surface area contributed by atoms with Gasteiger partial charge in [0.2, 0.25) is 5.91 Å². The number of carbonyl (C=O) groups excluding carboxylic acids is 2. The molecule has 118 valence electrons. The topological polar surface area (TPSA) is 81.4 Å². The van der Waals surface area contributed by atoms with E-state index in [2.05, 4.69) is 11.4 Å². The Morgan fingerprint density at radius 3 is 2.86 bits per heavy atom. The highest BCUT2D eigenvalue weighted by molar-refractivity contribution is 5.78. The first-order valence-electron chi connectivity index (χ1n) is 7.58. The van der Waals surface area contributed by atoms with Crippen LogP contribution in [-0.2, 0) is 16.1 Å². The zero-order chi connectivity index (χ0) is 15.8. The van der Waals surface area contributed by atoms with Crippen LogP contribution in [-0.4, -0.2) is 18.4 Å². The van der Waals surface area contributed by atoms with E-state index in [1.807, 2.05) is 12.1 Å². The van der Waals surface area contributed by atoms with Gasteiger partial charge in [0.05, 0.1) is 0 Å². The van der Waals surface area contributed by atoms with Crippen molar-refractivity contribution in [1.29, 1.82) is 0 Å². The highest BCUT2D eigenvalue weighted by Crippen LogP contribution is 2.20. The van der Waals surface area contributed by atoms with Crippen molar-refractivity contribution >= 4 is 11.8 Å². The van der Waals surface area contributed by atoms with Crippen LogP contribution in [0.3, 0.4) is 0 Å². The summed E-state index contributed by atoms with van der Waals surface area (Å²) in [6, 6.07) is 7.27. The Kier molecular flexibility index (Phi) is 6.01. The number of ether oxygens (including phenoxy) is 1. The molecule has 1 aromatic carbocycles. The molecule has 3 N–H and O–H groups in total. The fraction of sp³-hybridized carbons (Fsp3) is 0.412. The van der Waals surface area contributed by atoms with Crippen LogP contribution in [0.5, 0.6) is 5.75 Å². The SMILES string of the molecule is NC(=O)COc1cccc(CNC(=O)CC2=CCCCC2)c1. The minimum absolute atomic E-state index is 0.0385. The molecule has 2 amide bonds. The number of hydrogen-bond acceptors (Lipinski definition) is 3. The fourth-order valence-corrected chi connectivity index (χ4v) is 2.43. The quantitative estimate of drug-likeness (QED) is 0.756. The molecule has 0 heterocycles. The first-order valence-corrected chi connectivity index (χ1v) is 7.58. The number of amides is 2. The monoisotopic (exact) mass is 302 g/mol. The highest BCUT2D eigenvalue weighted by Gasteiger charge is 2.09. The fourth-order valence-electron chi connectivity index (χ4n) is 2.43. The van der Waals surface area contributed by atoms with Gasteiger partial charge in [-0.1, -0.05) is 23.8 Å². The molecule has 0 unspecified atom stereocenters. The predicted octanol–water partition coefficient (Wildman–Crippen LogP) is 2.06. The molecule has 0 saturated heterocycles. The smallest absolute Gasteiger partial charge is 0.255 e. The lowest BCUT2D eigenvalue weighted by Crippen LogP contribution is -2.23. The third-order valence-corrected chi connectivity index (χ3v) is 3.54. The Labute approximate surface area is 130 Å². The molecule has 5 nitrogen and oxygen atoms in total. The molecule has 1 aliphatic carbocycles. The lowest BCUT2D eigenvalue weighted by Gasteiger charge is -2.13. The molecule has 22 heavy (non-hydrogen) atoms. The van der Waals surface area contributed by atoms with Crippen LogP contribution in [0.25, 0.3) is 0 Å². The van der Waals surface area contributed by atoms with Crippen molar-refractivity contribution in [3.63, 3.8) is 0 Å². The number of nitrogens with two attached hydrogens (primary N) is 1. The predicted molar refractivity (Wildman–Crippen MR) is 84.1 cm³/mol. The maximum Gasteiger partial charge on any atom is 0.255 e. The number of primary amides is 1. The summed E-state index contributed by atoms with van der Waals surface area (Å²) in [5, 5.41) is 2.91. The minimum Gasteiger partial charge on any atom is -0.484 e. The number of allylic oxidation sites excluding steroid dienone is 1. The van der Waals surface area contributed by atoms with Crippen molar-refractivity contribution in [2.75, 3.05) is 6.61 Å². The van der Waals surface area contributed by atoms with Gasteiger partial charge in [0, 0.05) is 13.0 Å². The minimum atomic E-state index is -0.514. The van der Waals surface area contributed by atoms with Crippen molar-refractivity contribution in [1.82, 2.24) is 5.32 Å². The van der Waals surface area contributed by atoms with Gasteiger partial charge in [0.15, 0.2) is 6.61 Å². The Morgan fingerprint density at radius 2 is 2.14 bits per heavy atom. The molecule has 0 saturated carbocycles. The number of carbonyl (C=O) groups is 2. The van der Waals surface area contributed by atoms with Gasteiger partial charge in [-0.2, -0.15) is 0 Å². The van der Waals surface area contributed by atoms with Gasteiger partial charge in [0.1, 0.15) is 5.75 Å². The average Bonchev–Trinajstić information content (AvgIpc) is 2.52. The summed E-state index contributed by atoms with van der Waals surface area (Å²) >= 11 is 0. The number of hydrogen-bond donors (Lipinski definition) is 2. The summed E-state index contributed by atoms with van der Waals surface area (Å²) in [5.41, 5.74) is 7.20. The van der Waals surface area contributed by atoms with Crippen molar-refractivity contribution in [3.8, 4) is 5.75 Å². The molecule has 0 bridgehead atoms. The number of benzene rings is 1. The average molecular weight is 302 g/mol. The van der Waals surface area contributed by atoms with E-state index in [1.54, 1.807) is 12.1 Å². The first-order chi connectivity index (χ1) is 10.6. The molecule has 0 aromatic heterocycles. The number of nitrogens with one attached hydrogen (secondary N) is 1. The molecular weight excluding hydrogens is 280 g/mol. The molecule has 0 fully saturated rings. The molecule has 5 heteroatoms. The van der Waals surface area contributed by atoms with E-state index in [0.29, 0.717) is 18.7 Å². The lowest BCUT2D eigenvalue weighted by atomic mass is 9.97. The van der Waals surface area contributed by atoms with E-state index in [-0.39, 0.29) is 12.5 Å².